The normalized spacial score (nSPS) is 11.9. The van der Waals surface area contributed by atoms with Crippen LogP contribution in [0, 0.1) is 11.7 Å². The van der Waals surface area contributed by atoms with Crippen LogP contribution in [0.1, 0.15) is 29.8 Å². The van der Waals surface area contributed by atoms with Crippen molar-refractivity contribution in [2.45, 2.75) is 32.9 Å². The predicted octanol–water partition coefficient (Wildman–Crippen LogP) is 3.05. The van der Waals surface area contributed by atoms with Gasteiger partial charge in [0.1, 0.15) is 11.9 Å². The van der Waals surface area contributed by atoms with Crippen molar-refractivity contribution < 1.29 is 14.0 Å². The van der Waals surface area contributed by atoms with Crippen molar-refractivity contribution in [2.75, 3.05) is 5.32 Å². The number of rotatable bonds is 8. The Hall–Kier alpha value is -3.55. The molecule has 3 rings (SSSR count). The molecule has 0 saturated carbocycles. The summed E-state index contributed by atoms with van der Waals surface area (Å²) in [6, 6.07) is 10.0. The Morgan fingerprint density at radius 1 is 1.07 bits per heavy atom. The average Bonchev–Trinajstić information content (AvgIpc) is 3.18. The molecule has 1 unspecified atom stereocenters. The van der Waals surface area contributed by atoms with E-state index >= 15 is 0 Å². The van der Waals surface area contributed by atoms with Crippen molar-refractivity contribution in [1.82, 2.24) is 20.1 Å². The molecule has 0 aliphatic carbocycles. The highest BCUT2D eigenvalue weighted by atomic mass is 19.1. The smallest absolute Gasteiger partial charge is 0.251 e. The molecule has 2 aromatic heterocycles. The summed E-state index contributed by atoms with van der Waals surface area (Å²) in [5.41, 5.74) is 1.43. The molecule has 8 heteroatoms. The zero-order valence-corrected chi connectivity index (χ0v) is 16.9. The second-order valence-corrected chi connectivity index (χ2v) is 7.26. The minimum atomic E-state index is -0.760. The number of aryl methyl sites for hydroxylation is 2. The van der Waals surface area contributed by atoms with E-state index in [1.54, 1.807) is 29.3 Å². The maximum absolute atomic E-state index is 13.1. The summed E-state index contributed by atoms with van der Waals surface area (Å²) in [6.07, 6.45) is 6.07. The van der Waals surface area contributed by atoms with E-state index in [9.17, 15) is 14.0 Å². The number of nitrogens with one attached hydrogen (secondary N) is 2. The molecule has 156 valence electrons. The molecule has 0 radical (unpaired) electrons. The molecule has 0 spiro atoms. The quantitative estimate of drug-likeness (QED) is 0.598. The highest BCUT2D eigenvalue weighted by Crippen LogP contribution is 2.10. The SMILES string of the molecule is CC(C)C(NC(=O)c1ccc(F)cc1)C(=O)Nc1ccn(CCc2ccncc2)n1. The number of halogens is 1. The van der Waals surface area contributed by atoms with Crippen LogP contribution in [0.15, 0.2) is 61.1 Å². The van der Waals surface area contributed by atoms with Crippen LogP contribution in [0.4, 0.5) is 10.2 Å². The Labute approximate surface area is 174 Å². The van der Waals surface area contributed by atoms with E-state index in [1.807, 2.05) is 26.0 Å². The fourth-order valence-electron chi connectivity index (χ4n) is 2.91. The number of benzene rings is 1. The third-order valence-corrected chi connectivity index (χ3v) is 4.61. The number of amides is 2. The van der Waals surface area contributed by atoms with Crippen molar-refractivity contribution in [3.63, 3.8) is 0 Å². The number of aromatic nitrogens is 3. The zero-order valence-electron chi connectivity index (χ0n) is 16.9. The second kappa shape index (κ2) is 9.78. The summed E-state index contributed by atoms with van der Waals surface area (Å²) in [4.78, 5) is 29.1. The topological polar surface area (TPSA) is 88.9 Å². The van der Waals surface area contributed by atoms with Crippen molar-refractivity contribution in [3.05, 3.63) is 78.0 Å². The molecule has 2 amide bonds. The molecular weight excluding hydrogens is 385 g/mol. The summed E-state index contributed by atoms with van der Waals surface area (Å²) in [5.74, 6) is -0.963. The van der Waals surface area contributed by atoms with Gasteiger partial charge in [0.2, 0.25) is 5.91 Å². The lowest BCUT2D eigenvalue weighted by Crippen LogP contribution is -2.47. The van der Waals surface area contributed by atoms with E-state index in [2.05, 4.69) is 20.7 Å². The minimum Gasteiger partial charge on any atom is -0.340 e. The van der Waals surface area contributed by atoms with Gasteiger partial charge in [-0.2, -0.15) is 5.10 Å². The first-order chi connectivity index (χ1) is 14.4. The predicted molar refractivity (Wildman–Crippen MR) is 111 cm³/mol. The highest BCUT2D eigenvalue weighted by Gasteiger charge is 2.25. The molecule has 30 heavy (non-hydrogen) atoms. The Bertz CT molecular complexity index is 986. The van der Waals surface area contributed by atoms with Crippen LogP contribution < -0.4 is 10.6 Å². The second-order valence-electron chi connectivity index (χ2n) is 7.26. The van der Waals surface area contributed by atoms with Crippen LogP contribution in [-0.2, 0) is 17.8 Å². The first kappa shape index (κ1) is 21.2. The molecule has 0 aliphatic heterocycles. The van der Waals surface area contributed by atoms with Gasteiger partial charge < -0.3 is 10.6 Å². The number of nitrogens with zero attached hydrogens (tertiary/aromatic N) is 3. The van der Waals surface area contributed by atoms with Crippen LogP contribution in [0.3, 0.4) is 0 Å². The molecule has 1 atom stereocenters. The first-order valence-electron chi connectivity index (χ1n) is 9.72. The summed E-state index contributed by atoms with van der Waals surface area (Å²) >= 11 is 0. The van der Waals surface area contributed by atoms with Crippen LogP contribution >= 0.6 is 0 Å². The number of carbonyl (C=O) groups excluding carboxylic acids is 2. The van der Waals surface area contributed by atoms with E-state index in [1.165, 1.54) is 24.3 Å². The molecule has 0 aliphatic rings. The van der Waals surface area contributed by atoms with Crippen LogP contribution in [0.2, 0.25) is 0 Å². The number of anilines is 1. The molecule has 0 bridgehead atoms. The maximum Gasteiger partial charge on any atom is 0.251 e. The van der Waals surface area contributed by atoms with Crippen molar-refractivity contribution in [2.24, 2.45) is 5.92 Å². The molecule has 0 fully saturated rings. The maximum atomic E-state index is 13.1. The van der Waals surface area contributed by atoms with Gasteiger partial charge in [0.25, 0.3) is 5.91 Å². The van der Waals surface area contributed by atoms with E-state index in [-0.39, 0.29) is 17.4 Å². The van der Waals surface area contributed by atoms with Gasteiger partial charge in [0.15, 0.2) is 5.82 Å². The van der Waals surface area contributed by atoms with Crippen molar-refractivity contribution in [1.29, 1.82) is 0 Å². The zero-order chi connectivity index (χ0) is 21.5. The Kier molecular flexibility index (Phi) is 6.90. The minimum absolute atomic E-state index is 0.150. The van der Waals surface area contributed by atoms with Crippen molar-refractivity contribution in [3.8, 4) is 0 Å². The highest BCUT2D eigenvalue weighted by molar-refractivity contribution is 6.00. The average molecular weight is 409 g/mol. The van der Waals surface area contributed by atoms with E-state index in [0.717, 1.165) is 12.0 Å². The first-order valence-corrected chi connectivity index (χ1v) is 9.72. The fourth-order valence-corrected chi connectivity index (χ4v) is 2.91. The number of carbonyl (C=O) groups is 2. The summed E-state index contributed by atoms with van der Waals surface area (Å²) < 4.78 is 14.8. The van der Waals surface area contributed by atoms with Gasteiger partial charge in [0.05, 0.1) is 0 Å². The fraction of sp³-hybridized carbons (Fsp3) is 0.273. The summed E-state index contributed by atoms with van der Waals surface area (Å²) in [7, 11) is 0. The van der Waals surface area contributed by atoms with Gasteiger partial charge in [-0.15, -0.1) is 0 Å². The van der Waals surface area contributed by atoms with Crippen LogP contribution in [0.25, 0.3) is 0 Å². The van der Waals surface area contributed by atoms with E-state index in [0.29, 0.717) is 12.4 Å². The molecule has 0 saturated heterocycles. The number of pyridine rings is 1. The Morgan fingerprint density at radius 2 is 1.77 bits per heavy atom. The summed E-state index contributed by atoms with van der Waals surface area (Å²) in [5, 5.41) is 9.83. The third kappa shape index (κ3) is 5.73. The van der Waals surface area contributed by atoms with E-state index in [4.69, 9.17) is 0 Å². The molecule has 1 aromatic carbocycles. The Morgan fingerprint density at radius 3 is 2.43 bits per heavy atom. The van der Waals surface area contributed by atoms with Gasteiger partial charge in [-0.1, -0.05) is 13.8 Å². The summed E-state index contributed by atoms with van der Waals surface area (Å²) in [6.45, 7) is 4.33. The van der Waals surface area contributed by atoms with Crippen LogP contribution in [0.5, 0.6) is 0 Å². The number of hydrogen-bond donors (Lipinski definition) is 2. The lowest BCUT2D eigenvalue weighted by Gasteiger charge is -2.21. The lowest BCUT2D eigenvalue weighted by atomic mass is 10.0. The van der Waals surface area contributed by atoms with Crippen LogP contribution in [-0.4, -0.2) is 32.6 Å². The van der Waals surface area contributed by atoms with Gasteiger partial charge >= 0.3 is 0 Å². The molecule has 2 N–H and O–H groups in total. The standard InChI is InChI=1S/C22H24FN5O2/c1-15(2)20(26-21(29)17-3-5-18(23)6-4-17)22(30)25-19-10-14-28(27-19)13-9-16-7-11-24-12-8-16/h3-8,10-12,14-15,20H,9,13H2,1-2H3,(H,26,29)(H,25,27,30). The van der Waals surface area contributed by atoms with E-state index < -0.39 is 17.8 Å². The van der Waals surface area contributed by atoms with Gasteiger partial charge in [0, 0.05) is 36.8 Å². The molecule has 3 aromatic rings. The largest absolute Gasteiger partial charge is 0.340 e. The van der Waals surface area contributed by atoms with Gasteiger partial charge in [-0.3, -0.25) is 19.3 Å². The van der Waals surface area contributed by atoms with Gasteiger partial charge in [-0.05, 0) is 54.3 Å². The molecular formula is C22H24FN5O2. The Balaban J connectivity index is 1.59. The third-order valence-electron chi connectivity index (χ3n) is 4.61. The lowest BCUT2D eigenvalue weighted by molar-refractivity contribution is -0.118. The monoisotopic (exact) mass is 409 g/mol. The number of hydrogen-bond acceptors (Lipinski definition) is 4. The van der Waals surface area contributed by atoms with Crippen molar-refractivity contribution >= 4 is 17.6 Å². The molecule has 2 heterocycles. The van der Waals surface area contributed by atoms with Gasteiger partial charge in [-0.25, -0.2) is 4.39 Å². The molecule has 7 nitrogen and oxygen atoms in total.